The number of hydrogen-bond donors (Lipinski definition) is 1. The molecule has 0 aromatic carbocycles. The van der Waals surface area contributed by atoms with Gasteiger partial charge >= 0.3 is 6.18 Å². The molecule has 3 rings (SSSR count). The van der Waals surface area contributed by atoms with E-state index >= 15 is 0 Å². The van der Waals surface area contributed by atoms with Gasteiger partial charge in [0.1, 0.15) is 6.10 Å². The molecule has 106 valence electrons. The number of aliphatic hydroxyl groups is 1. The average Bonchev–Trinajstić information content (AvgIpc) is 3.14. The first-order valence-corrected chi connectivity index (χ1v) is 6.19. The van der Waals surface area contributed by atoms with Gasteiger partial charge in [0.2, 0.25) is 0 Å². The van der Waals surface area contributed by atoms with E-state index in [9.17, 15) is 18.3 Å². The Morgan fingerprint density at radius 1 is 1.25 bits per heavy atom. The lowest BCUT2D eigenvalue weighted by molar-refractivity contribution is -0.139. The minimum Gasteiger partial charge on any atom is -0.382 e. The summed E-state index contributed by atoms with van der Waals surface area (Å²) in [6, 6.07) is 1.10. The van der Waals surface area contributed by atoms with E-state index in [1.165, 1.54) is 6.20 Å². The van der Waals surface area contributed by atoms with E-state index in [0.717, 1.165) is 31.3 Å². The number of imidazole rings is 1. The molecule has 4 nitrogen and oxygen atoms in total. The first kappa shape index (κ1) is 13.1. The second-order valence-corrected chi connectivity index (χ2v) is 4.82. The van der Waals surface area contributed by atoms with Crippen LogP contribution in [0.25, 0.3) is 0 Å². The molecule has 0 radical (unpaired) electrons. The van der Waals surface area contributed by atoms with Gasteiger partial charge in [0, 0.05) is 24.0 Å². The van der Waals surface area contributed by atoms with Gasteiger partial charge in [-0.1, -0.05) is 0 Å². The van der Waals surface area contributed by atoms with Gasteiger partial charge in [-0.05, 0) is 18.9 Å². The zero-order chi connectivity index (χ0) is 14.3. The summed E-state index contributed by atoms with van der Waals surface area (Å²) >= 11 is 0. The molecule has 1 atom stereocenters. The van der Waals surface area contributed by atoms with Crippen molar-refractivity contribution in [3.8, 4) is 0 Å². The van der Waals surface area contributed by atoms with Gasteiger partial charge < -0.3 is 9.67 Å². The molecule has 2 aromatic rings. The van der Waals surface area contributed by atoms with Crippen molar-refractivity contribution >= 4 is 0 Å². The molecule has 2 heterocycles. The fourth-order valence-electron chi connectivity index (χ4n) is 2.23. The summed E-state index contributed by atoms with van der Waals surface area (Å²) in [5.41, 5.74) is -0.753. The molecule has 2 aromatic heterocycles. The summed E-state index contributed by atoms with van der Waals surface area (Å²) in [6.45, 7) is 0. The van der Waals surface area contributed by atoms with Crippen LogP contribution in [0.3, 0.4) is 0 Å². The molecule has 1 saturated carbocycles. The van der Waals surface area contributed by atoms with Crippen molar-refractivity contribution in [2.75, 3.05) is 0 Å². The molecule has 0 aliphatic heterocycles. The highest BCUT2D eigenvalue weighted by atomic mass is 19.4. The molecule has 1 unspecified atom stereocenters. The Kier molecular flexibility index (Phi) is 3.01. The minimum atomic E-state index is -4.52. The lowest BCUT2D eigenvalue weighted by atomic mass is 10.0. The number of nitrogens with zero attached hydrogens (tertiary/aromatic N) is 3. The SMILES string of the molecule is OC(c1cnccc1C(F)(F)F)c1cncn1C1CC1. The number of halogens is 3. The van der Waals surface area contributed by atoms with Gasteiger partial charge in [-0.25, -0.2) is 4.98 Å². The predicted octanol–water partition coefficient (Wildman–Crippen LogP) is 2.71. The topological polar surface area (TPSA) is 50.9 Å². The van der Waals surface area contributed by atoms with Crippen LogP contribution in [0.2, 0.25) is 0 Å². The van der Waals surface area contributed by atoms with Crippen LogP contribution in [0, 0.1) is 0 Å². The van der Waals surface area contributed by atoms with Crippen LogP contribution in [0.15, 0.2) is 31.0 Å². The van der Waals surface area contributed by atoms with Crippen LogP contribution in [0.4, 0.5) is 13.2 Å². The van der Waals surface area contributed by atoms with Crippen molar-refractivity contribution in [2.45, 2.75) is 31.2 Å². The number of rotatable bonds is 3. The van der Waals surface area contributed by atoms with Crippen LogP contribution < -0.4 is 0 Å². The smallest absolute Gasteiger partial charge is 0.382 e. The Balaban J connectivity index is 2.02. The maximum absolute atomic E-state index is 13.0. The van der Waals surface area contributed by atoms with Crippen molar-refractivity contribution in [2.24, 2.45) is 0 Å². The summed E-state index contributed by atoms with van der Waals surface area (Å²) < 4.78 is 40.6. The lowest BCUT2D eigenvalue weighted by Gasteiger charge is -2.18. The van der Waals surface area contributed by atoms with Crippen molar-refractivity contribution in [1.82, 2.24) is 14.5 Å². The highest BCUT2D eigenvalue weighted by Gasteiger charge is 2.36. The molecule has 20 heavy (non-hydrogen) atoms. The van der Waals surface area contributed by atoms with Crippen LogP contribution in [-0.4, -0.2) is 19.6 Å². The average molecular weight is 283 g/mol. The number of alkyl halides is 3. The van der Waals surface area contributed by atoms with E-state index in [0.29, 0.717) is 5.69 Å². The maximum Gasteiger partial charge on any atom is 0.416 e. The summed E-state index contributed by atoms with van der Waals surface area (Å²) in [6.07, 6.45) is 1.06. The Morgan fingerprint density at radius 2 is 2.00 bits per heavy atom. The molecule has 0 bridgehead atoms. The van der Waals surface area contributed by atoms with Crippen LogP contribution >= 0.6 is 0 Å². The molecule has 1 N–H and O–H groups in total. The largest absolute Gasteiger partial charge is 0.416 e. The van der Waals surface area contributed by atoms with Gasteiger partial charge in [0.25, 0.3) is 0 Å². The Labute approximate surface area is 112 Å². The second-order valence-electron chi connectivity index (χ2n) is 4.82. The van der Waals surface area contributed by atoms with E-state index in [1.54, 1.807) is 10.9 Å². The van der Waals surface area contributed by atoms with Gasteiger partial charge in [0.05, 0.1) is 23.8 Å². The first-order valence-electron chi connectivity index (χ1n) is 6.19. The minimum absolute atomic E-state index is 0.230. The number of aliphatic hydroxyl groups excluding tert-OH is 1. The quantitative estimate of drug-likeness (QED) is 0.942. The normalized spacial score (nSPS) is 17.2. The van der Waals surface area contributed by atoms with Crippen LogP contribution in [0.5, 0.6) is 0 Å². The summed E-state index contributed by atoms with van der Waals surface area (Å²) in [7, 11) is 0. The molecule has 7 heteroatoms. The van der Waals surface area contributed by atoms with Gasteiger partial charge in [-0.2, -0.15) is 13.2 Å². The zero-order valence-corrected chi connectivity index (χ0v) is 10.4. The highest BCUT2D eigenvalue weighted by molar-refractivity contribution is 5.33. The van der Waals surface area contributed by atoms with Crippen molar-refractivity contribution in [3.63, 3.8) is 0 Å². The summed E-state index contributed by atoms with van der Waals surface area (Å²) in [4.78, 5) is 7.61. The van der Waals surface area contributed by atoms with Gasteiger partial charge in [-0.3, -0.25) is 4.98 Å². The molecular formula is C13H12F3N3O. The lowest BCUT2D eigenvalue weighted by Crippen LogP contribution is -2.15. The third kappa shape index (κ3) is 2.29. The summed E-state index contributed by atoms with van der Waals surface area (Å²) in [5, 5.41) is 10.3. The molecule has 0 saturated heterocycles. The standard InChI is InChI=1S/C13H12F3N3O/c14-13(15,16)10-3-4-17-5-9(10)12(20)11-6-18-7-19(11)8-1-2-8/h3-8,12,20H,1-2H2. The van der Waals surface area contributed by atoms with E-state index in [-0.39, 0.29) is 11.6 Å². The maximum atomic E-state index is 13.0. The van der Waals surface area contributed by atoms with Crippen molar-refractivity contribution in [3.05, 3.63) is 47.8 Å². The van der Waals surface area contributed by atoms with Crippen molar-refractivity contribution in [1.29, 1.82) is 0 Å². The Morgan fingerprint density at radius 3 is 2.65 bits per heavy atom. The molecule has 0 amide bonds. The van der Waals surface area contributed by atoms with E-state index in [2.05, 4.69) is 9.97 Å². The number of aromatic nitrogens is 3. The second kappa shape index (κ2) is 4.59. The van der Waals surface area contributed by atoms with Gasteiger partial charge in [0.15, 0.2) is 0 Å². The Bertz CT molecular complexity index is 619. The third-order valence-electron chi connectivity index (χ3n) is 3.37. The number of hydrogen-bond acceptors (Lipinski definition) is 3. The van der Waals surface area contributed by atoms with E-state index < -0.39 is 17.8 Å². The van der Waals surface area contributed by atoms with E-state index in [1.807, 2.05) is 0 Å². The highest BCUT2D eigenvalue weighted by Crippen LogP contribution is 2.40. The fourth-order valence-corrected chi connectivity index (χ4v) is 2.23. The van der Waals surface area contributed by atoms with Crippen LogP contribution in [-0.2, 0) is 6.18 Å². The third-order valence-corrected chi connectivity index (χ3v) is 3.37. The Hall–Kier alpha value is -1.89. The zero-order valence-electron chi connectivity index (χ0n) is 10.4. The number of pyridine rings is 1. The molecule has 1 aliphatic rings. The predicted molar refractivity (Wildman–Crippen MR) is 63.8 cm³/mol. The van der Waals surface area contributed by atoms with E-state index in [4.69, 9.17) is 0 Å². The van der Waals surface area contributed by atoms with Crippen LogP contribution in [0.1, 0.15) is 41.8 Å². The molecule has 1 aliphatic carbocycles. The molecular weight excluding hydrogens is 271 g/mol. The monoisotopic (exact) mass is 283 g/mol. The molecule has 1 fully saturated rings. The molecule has 0 spiro atoms. The first-order chi connectivity index (χ1) is 9.48. The fraction of sp³-hybridized carbons (Fsp3) is 0.385. The van der Waals surface area contributed by atoms with Gasteiger partial charge in [-0.15, -0.1) is 0 Å². The van der Waals surface area contributed by atoms with Crippen molar-refractivity contribution < 1.29 is 18.3 Å². The summed E-state index contributed by atoms with van der Waals surface area (Å²) in [5.74, 6) is 0.